The average Bonchev–Trinajstić information content (AvgIpc) is 3.51. The molecule has 2 saturated heterocycles. The van der Waals surface area contributed by atoms with Crippen LogP contribution in [0.15, 0.2) is 58.0 Å². The van der Waals surface area contributed by atoms with Crippen LogP contribution < -0.4 is 4.74 Å². The smallest absolute Gasteiger partial charge is 0.266 e. The van der Waals surface area contributed by atoms with E-state index in [1.165, 1.54) is 11.8 Å². The predicted molar refractivity (Wildman–Crippen MR) is 145 cm³/mol. The number of hydrogen-bond acceptors (Lipinski definition) is 5. The maximum atomic E-state index is 13.1. The lowest BCUT2D eigenvalue weighted by atomic mass is 10.1. The first-order valence-electron chi connectivity index (χ1n) is 11.0. The fraction of sp³-hybridized carbons (Fsp3) is 0.280. The molecule has 0 unspecified atom stereocenters. The van der Waals surface area contributed by atoms with Crippen molar-refractivity contribution in [2.24, 2.45) is 0 Å². The summed E-state index contributed by atoms with van der Waals surface area (Å²) < 4.78 is 15.3. The number of rotatable bonds is 7. The Hall–Kier alpha value is -1.84. The minimum atomic E-state index is -0.0524. The summed E-state index contributed by atoms with van der Waals surface area (Å²) in [5.74, 6) is 0.613. The molecule has 2 fully saturated rings. The number of para-hydroxylation sites is 1. The van der Waals surface area contributed by atoms with E-state index in [0.717, 1.165) is 40.4 Å². The average molecular weight is 578 g/mol. The summed E-state index contributed by atoms with van der Waals surface area (Å²) in [7, 11) is 0. The summed E-state index contributed by atoms with van der Waals surface area (Å²) in [6, 6.07) is 13.6. The second-order valence-electron chi connectivity index (χ2n) is 8.15. The number of nitrogens with zero attached hydrogens (tertiary/aromatic N) is 2. The largest absolute Gasteiger partial charge is 0.490 e. The van der Waals surface area contributed by atoms with Gasteiger partial charge in [-0.2, -0.15) is 0 Å². The van der Waals surface area contributed by atoms with Crippen molar-refractivity contribution in [1.29, 1.82) is 0 Å². The molecule has 3 aromatic rings. The van der Waals surface area contributed by atoms with Crippen LogP contribution in [-0.2, 0) is 16.1 Å². The molecule has 1 amide bonds. The minimum Gasteiger partial charge on any atom is -0.490 e. The maximum Gasteiger partial charge on any atom is 0.266 e. The monoisotopic (exact) mass is 576 g/mol. The van der Waals surface area contributed by atoms with Gasteiger partial charge in [0.25, 0.3) is 5.91 Å². The quantitative estimate of drug-likeness (QED) is 0.236. The summed E-state index contributed by atoms with van der Waals surface area (Å²) in [6.07, 6.45) is 6.06. The second kappa shape index (κ2) is 10.4. The lowest BCUT2D eigenvalue weighted by molar-refractivity contribution is -0.123. The van der Waals surface area contributed by atoms with Crippen molar-refractivity contribution < 1.29 is 14.3 Å². The number of aromatic nitrogens is 1. The fourth-order valence-electron chi connectivity index (χ4n) is 4.20. The number of amides is 1. The van der Waals surface area contributed by atoms with E-state index in [2.05, 4.69) is 38.8 Å². The third kappa shape index (κ3) is 5.06. The molecule has 2 aliphatic rings. The zero-order valence-corrected chi connectivity index (χ0v) is 22.2. The van der Waals surface area contributed by atoms with E-state index in [1.807, 2.05) is 36.4 Å². The van der Waals surface area contributed by atoms with E-state index < -0.39 is 0 Å². The topological polar surface area (TPSA) is 43.7 Å². The second-order valence-corrected chi connectivity index (χ2v) is 11.1. The molecule has 2 aliphatic heterocycles. The molecule has 0 saturated carbocycles. The number of thiocarbonyl (C=S) groups is 1. The van der Waals surface area contributed by atoms with Crippen molar-refractivity contribution in [3.8, 4) is 5.75 Å². The van der Waals surface area contributed by atoms with Crippen LogP contribution in [0.5, 0.6) is 5.75 Å². The summed E-state index contributed by atoms with van der Waals surface area (Å²) in [5.41, 5.74) is 2.03. The maximum absolute atomic E-state index is 13.1. The molecule has 0 bridgehead atoms. The van der Waals surface area contributed by atoms with Crippen LogP contribution in [0.4, 0.5) is 0 Å². The molecule has 0 radical (unpaired) electrons. The summed E-state index contributed by atoms with van der Waals surface area (Å²) in [5, 5.41) is 1.64. The van der Waals surface area contributed by atoms with E-state index >= 15 is 0 Å². The third-order valence-corrected chi connectivity index (χ3v) is 8.05. The third-order valence-electron chi connectivity index (χ3n) is 5.87. The summed E-state index contributed by atoms with van der Waals surface area (Å²) in [6.45, 7) is 2.38. The zero-order chi connectivity index (χ0) is 23.7. The van der Waals surface area contributed by atoms with Crippen molar-refractivity contribution in [1.82, 2.24) is 9.47 Å². The highest BCUT2D eigenvalue weighted by Gasteiger charge is 2.34. The van der Waals surface area contributed by atoms with Crippen molar-refractivity contribution >= 4 is 78.7 Å². The molecular formula is C25H22BrClN2O3S2. The highest BCUT2D eigenvalue weighted by Crippen LogP contribution is 2.36. The van der Waals surface area contributed by atoms with E-state index in [0.29, 0.717) is 39.7 Å². The van der Waals surface area contributed by atoms with Gasteiger partial charge in [-0.3, -0.25) is 9.69 Å². The van der Waals surface area contributed by atoms with Gasteiger partial charge >= 0.3 is 0 Å². The molecule has 0 N–H and O–H groups in total. The molecule has 1 aromatic heterocycles. The van der Waals surface area contributed by atoms with Gasteiger partial charge in [-0.05, 0) is 49.2 Å². The minimum absolute atomic E-state index is 0.0524. The standard InChI is InChI=1S/C25H22BrClN2O3S2/c26-17-7-8-21-19(13-17)16(14-28(21)9-11-32-22-6-2-1-5-20(22)27)12-23-24(30)29(25(33)34-23)15-18-4-3-10-31-18/h1-2,5-8,12-14,18H,3-4,9-11,15H2/b23-12-/t18-/m1/s1. The first kappa shape index (κ1) is 23.9. The normalized spacial score (nSPS) is 19.6. The van der Waals surface area contributed by atoms with Gasteiger partial charge in [0.2, 0.25) is 0 Å². The van der Waals surface area contributed by atoms with Gasteiger partial charge < -0.3 is 14.0 Å². The van der Waals surface area contributed by atoms with Crippen LogP contribution in [0.3, 0.4) is 0 Å². The SMILES string of the molecule is O=C1/C(=C/c2cn(CCOc3ccccc3Cl)c3ccc(Br)cc23)SC(=S)N1C[C@H]1CCCO1. The predicted octanol–water partition coefficient (Wildman–Crippen LogP) is 6.52. The van der Waals surface area contributed by atoms with Crippen LogP contribution >= 0.6 is 51.5 Å². The van der Waals surface area contributed by atoms with E-state index in [-0.39, 0.29) is 12.0 Å². The van der Waals surface area contributed by atoms with Gasteiger partial charge in [0.05, 0.1) is 29.1 Å². The van der Waals surface area contributed by atoms with E-state index in [4.69, 9.17) is 33.3 Å². The molecule has 3 heterocycles. The summed E-state index contributed by atoms with van der Waals surface area (Å²) in [4.78, 5) is 15.4. The molecule has 0 spiro atoms. The van der Waals surface area contributed by atoms with Crippen LogP contribution in [0.25, 0.3) is 17.0 Å². The highest BCUT2D eigenvalue weighted by molar-refractivity contribution is 9.10. The van der Waals surface area contributed by atoms with Crippen LogP contribution in [-0.4, -0.2) is 45.6 Å². The number of benzene rings is 2. The van der Waals surface area contributed by atoms with Gasteiger partial charge in [0, 0.05) is 33.7 Å². The molecule has 0 aliphatic carbocycles. The van der Waals surface area contributed by atoms with Crippen LogP contribution in [0.2, 0.25) is 5.02 Å². The number of thioether (sulfide) groups is 1. The number of halogens is 2. The van der Waals surface area contributed by atoms with E-state index in [9.17, 15) is 4.79 Å². The van der Waals surface area contributed by atoms with Crippen LogP contribution in [0.1, 0.15) is 18.4 Å². The first-order valence-corrected chi connectivity index (χ1v) is 13.4. The Bertz CT molecular complexity index is 1290. The van der Waals surface area contributed by atoms with Gasteiger partial charge in [0.15, 0.2) is 0 Å². The Morgan fingerprint density at radius 3 is 2.94 bits per heavy atom. The highest BCUT2D eigenvalue weighted by atomic mass is 79.9. The Balaban J connectivity index is 1.38. The van der Waals surface area contributed by atoms with Gasteiger partial charge in [0.1, 0.15) is 16.7 Å². The molecule has 1 atom stereocenters. The number of fused-ring (bicyclic) bond motifs is 1. The first-order chi connectivity index (χ1) is 16.5. The molecular weight excluding hydrogens is 556 g/mol. The Morgan fingerprint density at radius 2 is 2.15 bits per heavy atom. The molecule has 2 aromatic carbocycles. The molecule has 176 valence electrons. The summed E-state index contributed by atoms with van der Waals surface area (Å²) >= 11 is 16.6. The fourth-order valence-corrected chi connectivity index (χ4v) is 6.02. The Kier molecular flexibility index (Phi) is 7.32. The van der Waals surface area contributed by atoms with Gasteiger partial charge in [-0.1, -0.05) is 63.6 Å². The van der Waals surface area contributed by atoms with Crippen molar-refractivity contribution in [3.63, 3.8) is 0 Å². The molecule has 34 heavy (non-hydrogen) atoms. The number of carbonyl (C=O) groups excluding carboxylic acids is 1. The molecule has 5 rings (SSSR count). The number of hydrogen-bond donors (Lipinski definition) is 0. The van der Waals surface area contributed by atoms with Gasteiger partial charge in [-0.25, -0.2) is 0 Å². The number of carbonyl (C=O) groups is 1. The Labute approximate surface area is 221 Å². The molecule has 5 nitrogen and oxygen atoms in total. The van der Waals surface area contributed by atoms with Gasteiger partial charge in [-0.15, -0.1) is 0 Å². The van der Waals surface area contributed by atoms with Crippen molar-refractivity contribution in [3.05, 3.63) is 68.6 Å². The van der Waals surface area contributed by atoms with E-state index in [1.54, 1.807) is 4.90 Å². The van der Waals surface area contributed by atoms with Crippen LogP contribution in [0, 0.1) is 0 Å². The lowest BCUT2D eigenvalue weighted by Crippen LogP contribution is -2.35. The zero-order valence-electron chi connectivity index (χ0n) is 18.2. The van der Waals surface area contributed by atoms with Crippen molar-refractivity contribution in [2.75, 3.05) is 19.8 Å². The van der Waals surface area contributed by atoms with Crippen molar-refractivity contribution in [2.45, 2.75) is 25.5 Å². The Morgan fingerprint density at radius 1 is 1.29 bits per heavy atom. The molecule has 9 heteroatoms. The lowest BCUT2D eigenvalue weighted by Gasteiger charge is -2.18. The number of ether oxygens (including phenoxy) is 2.